The molecule has 0 saturated carbocycles. The summed E-state index contributed by atoms with van der Waals surface area (Å²) in [5.41, 5.74) is 0. The fourth-order valence-corrected chi connectivity index (χ4v) is 0. The van der Waals surface area contributed by atoms with E-state index in [9.17, 15) is 0 Å². The summed E-state index contributed by atoms with van der Waals surface area (Å²) in [7, 11) is 0. The Kier molecular flexibility index (Phi) is 108. The standard InChI is InChI=1S/Al.3Co.3H2O.3O/h;;;;3*1H2;;;/q+3;;;;;;;;;/p-3. The van der Waals surface area contributed by atoms with Gasteiger partial charge in [-0.05, 0) is 0 Å². The van der Waals surface area contributed by atoms with Gasteiger partial charge in [0, 0.05) is 0 Å². The van der Waals surface area contributed by atoms with E-state index in [1.54, 1.807) is 0 Å². The Morgan fingerprint density at radius 1 is 0.700 bits per heavy atom. The Bertz CT molecular complexity index is 49.7. The molecule has 69 valence electrons. The van der Waals surface area contributed by atoms with Crippen molar-refractivity contribution < 1.29 is 69.1 Å². The van der Waals surface area contributed by atoms with Crippen molar-refractivity contribution in [2.75, 3.05) is 0 Å². The van der Waals surface area contributed by atoms with E-state index in [-0.39, 0.29) is 17.4 Å². The molecule has 3 N–H and O–H groups in total. The summed E-state index contributed by atoms with van der Waals surface area (Å²) in [4.78, 5) is 0. The second-order valence-corrected chi connectivity index (χ2v) is 0.753. The van der Waals surface area contributed by atoms with Crippen LogP contribution in [0, 0.1) is 0 Å². The Morgan fingerprint density at radius 3 is 0.700 bits per heavy atom. The zero-order valence-electron chi connectivity index (χ0n) is 4.14. The van der Waals surface area contributed by atoms with Crippen LogP contribution >= 0.6 is 0 Å². The van der Waals surface area contributed by atoms with Crippen molar-refractivity contribution in [3.05, 3.63) is 0 Å². The van der Waals surface area contributed by atoms with Crippen molar-refractivity contribution >= 4 is 17.4 Å². The van der Waals surface area contributed by atoms with Gasteiger partial charge in [-0.1, -0.05) is 0 Å². The quantitative estimate of drug-likeness (QED) is 0.430. The van der Waals surface area contributed by atoms with E-state index in [0.717, 1.165) is 0 Å². The van der Waals surface area contributed by atoms with E-state index in [1.165, 1.54) is 0 Å². The van der Waals surface area contributed by atoms with Gasteiger partial charge in [0.05, 0.1) is 0 Å². The van der Waals surface area contributed by atoms with E-state index in [1.807, 2.05) is 0 Å². The van der Waals surface area contributed by atoms with Gasteiger partial charge in [-0.3, -0.25) is 0 Å². The van der Waals surface area contributed by atoms with E-state index < -0.39 is 44.9 Å². The van der Waals surface area contributed by atoms with Crippen LogP contribution in [0.1, 0.15) is 0 Å². The summed E-state index contributed by atoms with van der Waals surface area (Å²) >= 11 is -2.44. The average molecular weight is 303 g/mol. The third kappa shape index (κ3) is 365. The molecule has 0 aromatic heterocycles. The predicted molar refractivity (Wildman–Crippen MR) is 14.5 cm³/mol. The monoisotopic (exact) mass is 303 g/mol. The predicted octanol–water partition coefficient (Wildman–Crippen LogP) is -2.42. The molecule has 0 spiro atoms. The van der Waals surface area contributed by atoms with Gasteiger partial charge in [0.15, 0.2) is 0 Å². The number of hydrogen-bond donors (Lipinski definition) is 3. The van der Waals surface area contributed by atoms with E-state index in [0.29, 0.717) is 0 Å². The van der Waals surface area contributed by atoms with Crippen molar-refractivity contribution in [3.63, 3.8) is 0 Å². The van der Waals surface area contributed by atoms with Crippen molar-refractivity contribution in [2.24, 2.45) is 0 Å². The third-order valence-corrected chi connectivity index (χ3v) is 0. The summed E-state index contributed by atoms with van der Waals surface area (Å²) in [6.45, 7) is 0. The van der Waals surface area contributed by atoms with Gasteiger partial charge in [0.25, 0.3) is 0 Å². The first kappa shape index (κ1) is 22.5. The second-order valence-electron chi connectivity index (χ2n) is 0.183. The molecule has 6 nitrogen and oxygen atoms in total. The first-order chi connectivity index (χ1) is 4.24. The molecule has 0 bridgehead atoms. The molecule has 0 aromatic rings. The Labute approximate surface area is 86.0 Å². The summed E-state index contributed by atoms with van der Waals surface area (Å²) < 4.78 is 46.3. The van der Waals surface area contributed by atoms with Gasteiger partial charge in [-0.15, -0.1) is 0 Å². The summed E-state index contributed by atoms with van der Waals surface area (Å²) in [5.74, 6) is 0. The first-order valence-corrected chi connectivity index (χ1v) is 3.53. The Hall–Kier alpha value is 1.33. The molecular formula is H3AlCo3O6. The number of rotatable bonds is 0. The van der Waals surface area contributed by atoms with E-state index in [2.05, 4.69) is 0 Å². The van der Waals surface area contributed by atoms with Crippen molar-refractivity contribution in [1.29, 1.82) is 0 Å². The maximum atomic E-state index is 8.45. The van der Waals surface area contributed by atoms with Crippen LogP contribution in [-0.4, -0.2) is 30.0 Å². The van der Waals surface area contributed by atoms with Gasteiger partial charge in [-0.25, -0.2) is 0 Å². The van der Waals surface area contributed by atoms with Gasteiger partial charge < -0.3 is 0 Å². The molecule has 0 atom stereocenters. The second kappa shape index (κ2) is 47.9. The fourth-order valence-electron chi connectivity index (χ4n) is 0. The van der Waals surface area contributed by atoms with Gasteiger partial charge in [0.2, 0.25) is 0 Å². The van der Waals surface area contributed by atoms with E-state index in [4.69, 9.17) is 24.3 Å². The van der Waals surface area contributed by atoms with Crippen LogP contribution in [0.25, 0.3) is 0 Å². The molecule has 0 unspecified atom stereocenters. The van der Waals surface area contributed by atoms with Crippen LogP contribution in [0.3, 0.4) is 0 Å². The van der Waals surface area contributed by atoms with Crippen LogP contribution in [0.2, 0.25) is 0 Å². The normalized spacial score (nSPS) is 6.30. The molecule has 0 saturated heterocycles. The van der Waals surface area contributed by atoms with Crippen LogP contribution in [0.15, 0.2) is 0 Å². The van der Waals surface area contributed by atoms with Crippen LogP contribution < -0.4 is 0 Å². The molecule has 0 aliphatic heterocycles. The third-order valence-electron chi connectivity index (χ3n) is 0. The van der Waals surface area contributed by atoms with Crippen LogP contribution in [0.5, 0.6) is 0 Å². The molecule has 0 aliphatic carbocycles. The zero-order chi connectivity index (χ0) is 8.12. The first-order valence-electron chi connectivity index (χ1n) is 0.855. The zero-order valence-corrected chi connectivity index (χ0v) is 8.42. The summed E-state index contributed by atoms with van der Waals surface area (Å²) in [6, 6.07) is 0. The van der Waals surface area contributed by atoms with Crippen molar-refractivity contribution in [2.45, 2.75) is 0 Å². The van der Waals surface area contributed by atoms with Crippen LogP contribution in [-0.2, 0) is 56.5 Å². The van der Waals surface area contributed by atoms with Crippen molar-refractivity contribution in [1.82, 2.24) is 0 Å². The molecule has 10 heavy (non-hydrogen) atoms. The summed E-state index contributed by atoms with van der Waals surface area (Å²) in [5, 5.41) is 0. The van der Waals surface area contributed by atoms with Crippen LogP contribution in [0.4, 0.5) is 0 Å². The summed E-state index contributed by atoms with van der Waals surface area (Å²) in [6.07, 6.45) is 0. The number of hydrogen-bond acceptors (Lipinski definition) is 3. The fraction of sp³-hybridized carbons (Fsp3) is 0. The SMILES string of the molecule is [Al+3].[O]=[Co-][OH].[O]=[Co-][OH].[O]=[Co-][OH]. The topological polar surface area (TPSA) is 112 Å². The molecule has 0 heterocycles. The molecule has 0 fully saturated rings. The van der Waals surface area contributed by atoms with Gasteiger partial charge in [0.1, 0.15) is 0 Å². The molecule has 10 heteroatoms. The molecule has 0 radical (unpaired) electrons. The molecule has 0 amide bonds. The average Bonchev–Trinajstić information content (AvgIpc) is 1.70. The Morgan fingerprint density at radius 2 is 0.700 bits per heavy atom. The maximum absolute atomic E-state index is 8.45. The van der Waals surface area contributed by atoms with E-state index >= 15 is 0 Å². The minimum absolute atomic E-state index is 0. The molecule has 0 aromatic carbocycles. The molecular weight excluding hydrogens is 300 g/mol. The Balaban J connectivity index is -0.0000000257. The van der Waals surface area contributed by atoms with Gasteiger partial charge in [-0.2, -0.15) is 0 Å². The van der Waals surface area contributed by atoms with Gasteiger partial charge >= 0.3 is 86.5 Å². The molecule has 0 rings (SSSR count). The minimum atomic E-state index is -0.812. The van der Waals surface area contributed by atoms with Crippen molar-refractivity contribution in [3.8, 4) is 0 Å². The molecule has 0 aliphatic rings.